The Kier molecular flexibility index (Phi) is 4.61. The molecule has 1 fully saturated rings. The molecule has 0 radical (unpaired) electrons. The average molecular weight is 262 g/mol. The maximum Gasteiger partial charge on any atom is 0.0546 e. The molecule has 2 atom stereocenters. The number of hydrogen-bond acceptors (Lipinski definition) is 3. The molecule has 3 nitrogen and oxygen atoms in total. The van der Waals surface area contributed by atoms with E-state index >= 15 is 0 Å². The van der Waals surface area contributed by atoms with Gasteiger partial charge in [0.15, 0.2) is 0 Å². The summed E-state index contributed by atoms with van der Waals surface area (Å²) in [4.78, 5) is 2.34. The lowest BCUT2D eigenvalue weighted by Crippen LogP contribution is -2.43. The van der Waals surface area contributed by atoms with Crippen LogP contribution in [0.1, 0.15) is 36.9 Å². The van der Waals surface area contributed by atoms with Gasteiger partial charge in [0.05, 0.1) is 6.10 Å². The zero-order valence-corrected chi connectivity index (χ0v) is 12.2. The minimum atomic E-state index is -0.0773. The maximum absolute atomic E-state index is 9.38. The third kappa shape index (κ3) is 3.56. The minimum Gasteiger partial charge on any atom is -0.393 e. The lowest BCUT2D eigenvalue weighted by molar-refractivity contribution is 0.0203. The Bertz CT molecular complexity index is 396. The Morgan fingerprint density at radius 2 is 1.89 bits per heavy atom. The van der Waals surface area contributed by atoms with E-state index in [1.165, 1.54) is 11.1 Å². The topological polar surface area (TPSA) is 49.5 Å². The van der Waals surface area contributed by atoms with E-state index in [9.17, 15) is 5.11 Å². The second kappa shape index (κ2) is 6.04. The molecular weight excluding hydrogens is 236 g/mol. The molecule has 3 heteroatoms. The predicted molar refractivity (Wildman–Crippen MR) is 78.9 cm³/mol. The van der Waals surface area contributed by atoms with Gasteiger partial charge in [0, 0.05) is 18.6 Å². The van der Waals surface area contributed by atoms with Crippen LogP contribution >= 0.6 is 0 Å². The van der Waals surface area contributed by atoms with Gasteiger partial charge in [-0.05, 0) is 45.2 Å². The summed E-state index contributed by atoms with van der Waals surface area (Å²) in [5.41, 5.74) is 8.73. The molecule has 2 unspecified atom stereocenters. The fraction of sp³-hybridized carbons (Fsp3) is 0.625. The highest BCUT2D eigenvalue weighted by atomic mass is 16.3. The Morgan fingerprint density at radius 1 is 1.32 bits per heavy atom. The first kappa shape index (κ1) is 14.5. The summed E-state index contributed by atoms with van der Waals surface area (Å²) >= 11 is 0. The van der Waals surface area contributed by atoms with Gasteiger partial charge in [-0.15, -0.1) is 0 Å². The third-order valence-corrected chi connectivity index (χ3v) is 4.15. The Labute approximate surface area is 116 Å². The zero-order valence-electron chi connectivity index (χ0n) is 12.2. The molecule has 0 heterocycles. The second-order valence-electron chi connectivity index (χ2n) is 6.15. The van der Waals surface area contributed by atoms with Crippen molar-refractivity contribution >= 4 is 0 Å². The number of hydrogen-bond donors (Lipinski definition) is 2. The van der Waals surface area contributed by atoms with Crippen LogP contribution in [-0.2, 0) is 0 Å². The first-order valence-corrected chi connectivity index (χ1v) is 7.18. The SMILES string of the molecule is Cc1ccc(C(C(C)N)N(C)CC2CC(O)C2)cc1. The van der Waals surface area contributed by atoms with Gasteiger partial charge in [0.1, 0.15) is 0 Å². The van der Waals surface area contributed by atoms with Gasteiger partial charge in [-0.2, -0.15) is 0 Å². The van der Waals surface area contributed by atoms with Crippen molar-refractivity contribution in [3.05, 3.63) is 35.4 Å². The van der Waals surface area contributed by atoms with E-state index in [4.69, 9.17) is 5.73 Å². The quantitative estimate of drug-likeness (QED) is 0.854. The molecule has 106 valence electrons. The Balaban J connectivity index is 2.04. The highest BCUT2D eigenvalue weighted by Gasteiger charge is 2.30. The van der Waals surface area contributed by atoms with E-state index in [-0.39, 0.29) is 18.2 Å². The summed E-state index contributed by atoms with van der Waals surface area (Å²) < 4.78 is 0. The van der Waals surface area contributed by atoms with Crippen LogP contribution in [0, 0.1) is 12.8 Å². The fourth-order valence-electron chi connectivity index (χ4n) is 3.09. The van der Waals surface area contributed by atoms with Gasteiger partial charge in [-0.25, -0.2) is 0 Å². The van der Waals surface area contributed by atoms with Crippen molar-refractivity contribution in [1.29, 1.82) is 0 Å². The maximum atomic E-state index is 9.38. The number of likely N-dealkylation sites (N-methyl/N-ethyl adjacent to an activating group) is 1. The molecule has 1 saturated carbocycles. The number of nitrogens with two attached hydrogens (primary N) is 1. The van der Waals surface area contributed by atoms with E-state index in [0.29, 0.717) is 5.92 Å². The van der Waals surface area contributed by atoms with Gasteiger partial charge < -0.3 is 10.8 Å². The summed E-state index contributed by atoms with van der Waals surface area (Å²) in [6, 6.07) is 8.98. The van der Waals surface area contributed by atoms with Crippen molar-refractivity contribution in [2.24, 2.45) is 11.7 Å². The summed E-state index contributed by atoms with van der Waals surface area (Å²) in [5, 5.41) is 9.38. The van der Waals surface area contributed by atoms with Crippen LogP contribution in [0.25, 0.3) is 0 Å². The summed E-state index contributed by atoms with van der Waals surface area (Å²) in [6.45, 7) is 5.18. The van der Waals surface area contributed by atoms with Crippen molar-refractivity contribution < 1.29 is 5.11 Å². The lowest BCUT2D eigenvalue weighted by Gasteiger charge is -2.39. The van der Waals surface area contributed by atoms with E-state index in [2.05, 4.69) is 50.1 Å². The van der Waals surface area contributed by atoms with E-state index in [1.807, 2.05) is 0 Å². The molecule has 0 bridgehead atoms. The van der Waals surface area contributed by atoms with Gasteiger partial charge in [0.2, 0.25) is 0 Å². The molecule has 0 spiro atoms. The van der Waals surface area contributed by atoms with Crippen LogP contribution < -0.4 is 5.73 Å². The number of aliphatic hydroxyl groups is 1. The zero-order chi connectivity index (χ0) is 14.0. The number of nitrogens with zero attached hydrogens (tertiary/aromatic N) is 1. The van der Waals surface area contributed by atoms with Crippen molar-refractivity contribution in [2.75, 3.05) is 13.6 Å². The molecule has 0 saturated heterocycles. The van der Waals surface area contributed by atoms with E-state index < -0.39 is 0 Å². The van der Waals surface area contributed by atoms with Crippen LogP contribution in [0.4, 0.5) is 0 Å². The van der Waals surface area contributed by atoms with Crippen LogP contribution in [0.5, 0.6) is 0 Å². The normalized spacial score (nSPS) is 26.0. The van der Waals surface area contributed by atoms with Crippen molar-refractivity contribution in [3.63, 3.8) is 0 Å². The minimum absolute atomic E-state index is 0.0773. The molecule has 0 aliphatic heterocycles. The van der Waals surface area contributed by atoms with Gasteiger partial charge in [-0.1, -0.05) is 29.8 Å². The molecule has 1 aliphatic carbocycles. The van der Waals surface area contributed by atoms with Crippen LogP contribution in [0.2, 0.25) is 0 Å². The number of rotatable bonds is 5. The highest BCUT2D eigenvalue weighted by molar-refractivity contribution is 5.25. The molecule has 1 aromatic rings. The molecule has 1 aliphatic rings. The van der Waals surface area contributed by atoms with Crippen molar-refractivity contribution in [1.82, 2.24) is 4.90 Å². The summed E-state index contributed by atoms with van der Waals surface area (Å²) in [6.07, 6.45) is 1.79. The first-order valence-electron chi connectivity index (χ1n) is 7.18. The highest BCUT2D eigenvalue weighted by Crippen LogP contribution is 2.31. The largest absolute Gasteiger partial charge is 0.393 e. The third-order valence-electron chi connectivity index (χ3n) is 4.15. The average Bonchev–Trinajstić information content (AvgIpc) is 2.29. The van der Waals surface area contributed by atoms with Crippen molar-refractivity contribution in [2.45, 2.75) is 44.9 Å². The summed E-state index contributed by atoms with van der Waals surface area (Å²) in [5.74, 6) is 0.617. The smallest absolute Gasteiger partial charge is 0.0546 e. The lowest BCUT2D eigenvalue weighted by atomic mass is 9.81. The van der Waals surface area contributed by atoms with E-state index in [0.717, 1.165) is 19.4 Å². The predicted octanol–water partition coefficient (Wildman–Crippen LogP) is 2.09. The van der Waals surface area contributed by atoms with Crippen LogP contribution in [0.3, 0.4) is 0 Å². The molecule has 0 aromatic heterocycles. The number of aryl methyl sites for hydroxylation is 1. The standard InChI is InChI=1S/C16H26N2O/c1-11-4-6-14(7-5-11)16(12(2)17)18(3)10-13-8-15(19)9-13/h4-7,12-13,15-16,19H,8-10,17H2,1-3H3. The number of aliphatic hydroxyl groups excluding tert-OH is 1. The number of benzene rings is 1. The van der Waals surface area contributed by atoms with Crippen molar-refractivity contribution in [3.8, 4) is 0 Å². The monoisotopic (exact) mass is 262 g/mol. The van der Waals surface area contributed by atoms with Crippen LogP contribution in [0.15, 0.2) is 24.3 Å². The second-order valence-corrected chi connectivity index (χ2v) is 6.15. The molecule has 2 rings (SSSR count). The molecular formula is C16H26N2O. The Hall–Kier alpha value is -0.900. The fourth-order valence-corrected chi connectivity index (χ4v) is 3.09. The van der Waals surface area contributed by atoms with Gasteiger partial charge >= 0.3 is 0 Å². The van der Waals surface area contributed by atoms with Gasteiger partial charge in [-0.3, -0.25) is 4.90 Å². The first-order chi connectivity index (χ1) is 8.97. The molecule has 0 amide bonds. The molecule has 3 N–H and O–H groups in total. The van der Waals surface area contributed by atoms with Gasteiger partial charge in [0.25, 0.3) is 0 Å². The molecule has 19 heavy (non-hydrogen) atoms. The van der Waals surface area contributed by atoms with Crippen LogP contribution in [-0.4, -0.2) is 35.7 Å². The van der Waals surface area contributed by atoms with E-state index in [1.54, 1.807) is 0 Å². The Morgan fingerprint density at radius 3 is 2.37 bits per heavy atom. The summed E-state index contributed by atoms with van der Waals surface area (Å²) in [7, 11) is 2.14. The molecule has 1 aromatic carbocycles.